The number of nitrogens with zero attached hydrogens (tertiary/aromatic N) is 7. The summed E-state index contributed by atoms with van der Waals surface area (Å²) in [5.74, 6) is -0.839. The number of ether oxygens (including phenoxy) is 1. The Kier molecular flexibility index (Phi) is 15.3. The van der Waals surface area contributed by atoms with Crippen molar-refractivity contribution in [2.75, 3.05) is 20.2 Å². The van der Waals surface area contributed by atoms with Gasteiger partial charge in [-0.05, 0) is 98.5 Å². The number of aromatic hydroxyl groups is 2. The Bertz CT molecular complexity index is 3130. The highest BCUT2D eigenvalue weighted by molar-refractivity contribution is 7.15. The average molecular weight is 1000 g/mol. The second-order valence-electron chi connectivity index (χ2n) is 16.9. The summed E-state index contributed by atoms with van der Waals surface area (Å²) in [5.41, 5.74) is 7.04. The predicted molar refractivity (Wildman–Crippen MR) is 259 cm³/mol. The maximum absolute atomic E-state index is 13.5. The maximum atomic E-state index is 13.5. The van der Waals surface area contributed by atoms with Crippen LogP contribution < -0.4 is 15.7 Å². The number of aliphatic imine (C=N–C) groups is 1. The van der Waals surface area contributed by atoms with Gasteiger partial charge in [-0.1, -0.05) is 61.8 Å². The van der Waals surface area contributed by atoms with E-state index in [9.17, 15) is 33.0 Å². The number of hydrogen-bond acceptors (Lipinski definition) is 12. The largest absolute Gasteiger partial charge is 0.508 e. The van der Waals surface area contributed by atoms with Gasteiger partial charge < -0.3 is 25.4 Å². The molecule has 21 heteroatoms. The molecule has 70 heavy (non-hydrogen) atoms. The number of carboxylic acids is 1. The van der Waals surface area contributed by atoms with Gasteiger partial charge >= 0.3 is 17.8 Å². The van der Waals surface area contributed by atoms with Gasteiger partial charge in [-0.15, -0.1) is 21.5 Å². The van der Waals surface area contributed by atoms with Crippen LogP contribution in [0.25, 0.3) is 22.1 Å². The molecular weight excluding hydrogens is 951 g/mol. The van der Waals surface area contributed by atoms with Gasteiger partial charge in [0.05, 0.1) is 29.9 Å². The fraction of sp³-hybridized carbons (Fsp3) is 0.286. The molecule has 366 valence electrons. The molecule has 0 saturated carbocycles. The molecule has 0 bridgehead atoms. The lowest BCUT2D eigenvalue weighted by Crippen LogP contribution is -2.29. The number of aromatic nitrogens is 6. The third kappa shape index (κ3) is 11.4. The molecule has 16 nitrogen and oxygen atoms in total. The Morgan fingerprint density at radius 3 is 2.30 bits per heavy atom. The van der Waals surface area contributed by atoms with Gasteiger partial charge in [-0.3, -0.25) is 19.3 Å². The van der Waals surface area contributed by atoms with E-state index in [1.54, 1.807) is 17.4 Å². The number of hydrogen-bond donors (Lipinski definition) is 5. The number of H-pyrrole nitrogens is 1. The number of nitrogens with one attached hydrogen (secondary N) is 2. The molecule has 1 aliphatic heterocycles. The van der Waals surface area contributed by atoms with Gasteiger partial charge in [0.1, 0.15) is 40.7 Å². The standard InChI is InChI=1S/C47H48ClN9O5S.C2HF3O2/c1-26(2)36-21-37(40(59)23-39(36)58)44-52-54-47(61)57(44)34-16-10-30(11-17-34)24-55(6)25-31-8-7-9-35(20-31)62-19-18-49-41(60)22-38-45-53-51-29(5)56(45)46-42(27(3)28(4)63-46)43(50-38)32-12-14-33(48)15-13-32;3-2(4,5)1(6)7/h7-17,20-21,23,26,38,58-59H,18-19,22,24-25H2,1-6H3,(H,49,60)(H,54,61);(H,6,7)/t38-;/m0./s1. The maximum Gasteiger partial charge on any atom is 0.490 e. The minimum absolute atomic E-state index is 0.00860. The molecule has 0 fully saturated rings. The molecule has 1 amide bonds. The third-order valence-corrected chi connectivity index (χ3v) is 12.8. The summed E-state index contributed by atoms with van der Waals surface area (Å²) in [6, 6.07) is 25.4. The van der Waals surface area contributed by atoms with Gasteiger partial charge in [0.25, 0.3) is 0 Å². The van der Waals surface area contributed by atoms with Crippen LogP contribution in [0.1, 0.15) is 82.1 Å². The van der Waals surface area contributed by atoms with Gasteiger partial charge in [-0.25, -0.2) is 19.3 Å². The van der Waals surface area contributed by atoms with Crippen molar-refractivity contribution in [3.63, 3.8) is 0 Å². The van der Waals surface area contributed by atoms with Crippen molar-refractivity contribution in [3.8, 4) is 39.3 Å². The van der Waals surface area contributed by atoms with E-state index in [2.05, 4.69) is 44.5 Å². The molecule has 7 aromatic rings. The van der Waals surface area contributed by atoms with E-state index in [-0.39, 0.29) is 42.2 Å². The molecule has 8 rings (SSSR count). The number of carboxylic acid groups (broad SMARTS) is 1. The summed E-state index contributed by atoms with van der Waals surface area (Å²) in [6.07, 6.45) is -5.00. The Morgan fingerprint density at radius 1 is 0.943 bits per heavy atom. The van der Waals surface area contributed by atoms with Gasteiger partial charge in [0.15, 0.2) is 11.6 Å². The summed E-state index contributed by atoms with van der Waals surface area (Å²) < 4.78 is 41.3. The van der Waals surface area contributed by atoms with Crippen LogP contribution in [0.15, 0.2) is 94.7 Å². The zero-order chi connectivity index (χ0) is 50.6. The normalized spacial score (nSPS) is 13.3. The number of halogens is 4. The minimum Gasteiger partial charge on any atom is -0.508 e. The van der Waals surface area contributed by atoms with Crippen LogP contribution >= 0.6 is 22.9 Å². The number of amides is 1. The zero-order valence-corrected chi connectivity index (χ0v) is 40.4. The van der Waals surface area contributed by atoms with E-state index in [1.165, 1.54) is 15.5 Å². The van der Waals surface area contributed by atoms with Gasteiger partial charge in [-0.2, -0.15) is 18.3 Å². The van der Waals surface area contributed by atoms with Gasteiger partial charge in [0.2, 0.25) is 5.91 Å². The molecule has 0 aliphatic carbocycles. The number of benzene rings is 4. The molecule has 0 unspecified atom stereocenters. The van der Waals surface area contributed by atoms with Crippen LogP contribution in [-0.4, -0.2) is 93.7 Å². The van der Waals surface area contributed by atoms with Crippen LogP contribution in [0, 0.1) is 20.8 Å². The Morgan fingerprint density at radius 2 is 1.63 bits per heavy atom. The smallest absolute Gasteiger partial charge is 0.490 e. The lowest BCUT2D eigenvalue weighted by molar-refractivity contribution is -0.192. The molecule has 1 aliphatic rings. The number of carbonyl (C=O) groups excluding carboxylic acids is 1. The molecular formula is C49H49ClF3N9O7S. The Balaban J connectivity index is 0.000000959. The number of fused-ring (bicyclic) bond motifs is 3. The summed E-state index contributed by atoms with van der Waals surface area (Å²) >= 11 is 7.92. The highest BCUT2D eigenvalue weighted by atomic mass is 35.5. The summed E-state index contributed by atoms with van der Waals surface area (Å²) in [4.78, 5) is 43.8. The number of carbonyl (C=O) groups is 2. The van der Waals surface area contributed by atoms with E-state index < -0.39 is 23.9 Å². The molecule has 0 saturated heterocycles. The number of alkyl halides is 3. The van der Waals surface area contributed by atoms with Crippen molar-refractivity contribution < 1.29 is 42.8 Å². The van der Waals surface area contributed by atoms with Crippen LogP contribution in [0.5, 0.6) is 17.2 Å². The first kappa shape index (κ1) is 50.6. The molecule has 5 N–H and O–H groups in total. The molecule has 4 aromatic carbocycles. The van der Waals surface area contributed by atoms with E-state index in [4.69, 9.17) is 31.2 Å². The Hall–Kier alpha value is -7.29. The zero-order valence-electron chi connectivity index (χ0n) is 38.8. The number of aryl methyl sites for hydroxylation is 2. The first-order valence-electron chi connectivity index (χ1n) is 21.9. The lowest BCUT2D eigenvalue weighted by atomic mass is 9.98. The lowest BCUT2D eigenvalue weighted by Gasteiger charge is -2.18. The number of aliphatic carboxylic acids is 1. The van der Waals surface area contributed by atoms with Crippen molar-refractivity contribution >= 4 is 40.5 Å². The second kappa shape index (κ2) is 21.1. The van der Waals surface area contributed by atoms with Gasteiger partial charge in [0, 0.05) is 40.2 Å². The molecule has 3 aromatic heterocycles. The monoisotopic (exact) mass is 999 g/mol. The first-order chi connectivity index (χ1) is 33.2. The molecule has 0 spiro atoms. The quantitative estimate of drug-likeness (QED) is 0.0650. The molecule has 1 atom stereocenters. The predicted octanol–water partition coefficient (Wildman–Crippen LogP) is 8.73. The summed E-state index contributed by atoms with van der Waals surface area (Å²) in [5, 5.41) is 48.4. The number of rotatable bonds is 14. The van der Waals surface area contributed by atoms with Crippen molar-refractivity contribution in [1.82, 2.24) is 39.7 Å². The average Bonchev–Trinajstić information content (AvgIpc) is 3.94. The van der Waals surface area contributed by atoms with Crippen molar-refractivity contribution in [2.45, 2.75) is 72.3 Å². The van der Waals surface area contributed by atoms with Crippen LogP contribution in [0.3, 0.4) is 0 Å². The van der Waals surface area contributed by atoms with Crippen LogP contribution in [0.4, 0.5) is 13.2 Å². The van der Waals surface area contributed by atoms with E-state index in [0.717, 1.165) is 44.4 Å². The fourth-order valence-corrected chi connectivity index (χ4v) is 9.20. The topological polar surface area (TPSA) is 213 Å². The van der Waals surface area contributed by atoms with Crippen molar-refractivity contribution in [1.29, 1.82) is 0 Å². The van der Waals surface area contributed by atoms with Crippen LogP contribution in [0.2, 0.25) is 5.02 Å². The number of thiophene rings is 1. The summed E-state index contributed by atoms with van der Waals surface area (Å²) in [6.45, 7) is 11.8. The highest BCUT2D eigenvalue weighted by Gasteiger charge is 2.38. The van der Waals surface area contributed by atoms with Crippen LogP contribution in [-0.2, 0) is 22.7 Å². The van der Waals surface area contributed by atoms with Crippen molar-refractivity contribution in [2.24, 2.45) is 4.99 Å². The summed E-state index contributed by atoms with van der Waals surface area (Å²) in [7, 11) is 2.03. The SMILES string of the molecule is Cc1sc2c(c1C)C(c1ccc(Cl)cc1)=N[C@@H](CC(=O)NCCOc1cccc(CN(C)Cc3ccc(-n4c(-c5cc(C(C)C)c(O)cc5O)n[nH]c4=O)cc3)c1)c1nnc(C)n1-2.O=C(O)C(F)(F)F. The number of phenolic OH excluding ortho intramolecular Hbond substituents is 2. The first-order valence-corrected chi connectivity index (χ1v) is 23.1. The van der Waals surface area contributed by atoms with E-state index in [0.29, 0.717) is 53.0 Å². The minimum atomic E-state index is -5.08. The number of aromatic amines is 1. The molecule has 4 heterocycles. The molecule has 0 radical (unpaired) electrons. The fourth-order valence-electron chi connectivity index (χ4n) is 7.86. The van der Waals surface area contributed by atoms with Crippen molar-refractivity contribution in [3.05, 3.63) is 150 Å². The number of phenols is 2. The van der Waals surface area contributed by atoms with E-state index in [1.807, 2.05) is 105 Å². The third-order valence-electron chi connectivity index (χ3n) is 11.3. The Labute approximate surface area is 408 Å². The second-order valence-corrected chi connectivity index (χ2v) is 18.5. The van der Waals surface area contributed by atoms with E-state index >= 15 is 0 Å². The highest BCUT2D eigenvalue weighted by Crippen LogP contribution is 2.40.